The quantitative estimate of drug-likeness (QED) is 0.775. The van der Waals surface area contributed by atoms with Crippen LogP contribution in [0.1, 0.15) is 31.2 Å². The molecule has 1 unspecified atom stereocenters. The number of para-hydroxylation sites is 1. The van der Waals surface area contributed by atoms with Crippen LogP contribution in [0.25, 0.3) is 10.9 Å². The van der Waals surface area contributed by atoms with E-state index < -0.39 is 0 Å². The Morgan fingerprint density at radius 1 is 1.00 bits per heavy atom. The van der Waals surface area contributed by atoms with Crippen molar-refractivity contribution in [1.29, 1.82) is 0 Å². The average molecular weight is 410 g/mol. The molecule has 0 aliphatic carbocycles. The summed E-state index contributed by atoms with van der Waals surface area (Å²) in [5, 5.41) is 1.12. The van der Waals surface area contributed by atoms with Gasteiger partial charge in [-0.1, -0.05) is 12.1 Å². The van der Waals surface area contributed by atoms with Crippen molar-refractivity contribution in [3.63, 3.8) is 0 Å². The minimum atomic E-state index is 0.0353. The molecule has 0 saturated carbocycles. The standard InChI is InChI=1S/C23H31N5O2/c1-17-4-2-5-19-21(17)24-16-25-22(19)27-12-10-26(11-13-27)20-6-3-9-28(23(20)29)18-7-14-30-15-8-18/h2,4-5,16,18,20H,3,6-15H2,1H3. The number of piperazine rings is 1. The van der Waals surface area contributed by atoms with Crippen LogP contribution in [0.5, 0.6) is 0 Å². The van der Waals surface area contributed by atoms with Crippen molar-refractivity contribution < 1.29 is 9.53 Å². The van der Waals surface area contributed by atoms with Crippen LogP contribution in [-0.4, -0.2) is 83.7 Å². The van der Waals surface area contributed by atoms with Gasteiger partial charge in [0, 0.05) is 57.4 Å². The molecule has 7 nitrogen and oxygen atoms in total. The van der Waals surface area contributed by atoms with Crippen molar-refractivity contribution in [2.45, 2.75) is 44.7 Å². The van der Waals surface area contributed by atoms with Gasteiger partial charge < -0.3 is 14.5 Å². The maximum Gasteiger partial charge on any atom is 0.240 e. The van der Waals surface area contributed by atoms with Gasteiger partial charge in [0.1, 0.15) is 12.1 Å². The molecule has 3 aliphatic heterocycles. The van der Waals surface area contributed by atoms with Gasteiger partial charge in [-0.3, -0.25) is 9.69 Å². The number of aryl methyl sites for hydroxylation is 1. The van der Waals surface area contributed by atoms with Crippen molar-refractivity contribution in [3.8, 4) is 0 Å². The Morgan fingerprint density at radius 2 is 1.80 bits per heavy atom. The predicted molar refractivity (Wildman–Crippen MR) is 117 cm³/mol. The Hall–Kier alpha value is -2.25. The fourth-order valence-corrected chi connectivity index (χ4v) is 5.30. The van der Waals surface area contributed by atoms with Gasteiger partial charge in [0.05, 0.1) is 11.6 Å². The first kappa shape index (κ1) is 19.7. The zero-order valence-corrected chi connectivity index (χ0v) is 17.8. The summed E-state index contributed by atoms with van der Waals surface area (Å²) in [7, 11) is 0. The zero-order chi connectivity index (χ0) is 20.5. The molecule has 160 valence electrons. The van der Waals surface area contributed by atoms with Crippen molar-refractivity contribution >= 4 is 22.6 Å². The highest BCUT2D eigenvalue weighted by Crippen LogP contribution is 2.28. The lowest BCUT2D eigenvalue weighted by Crippen LogP contribution is -2.59. The lowest BCUT2D eigenvalue weighted by atomic mass is 9.97. The van der Waals surface area contributed by atoms with Crippen LogP contribution >= 0.6 is 0 Å². The Bertz CT molecular complexity index is 906. The molecule has 4 heterocycles. The first-order valence-corrected chi connectivity index (χ1v) is 11.3. The number of piperidine rings is 1. The molecule has 7 heteroatoms. The van der Waals surface area contributed by atoms with Gasteiger partial charge in [-0.05, 0) is 44.2 Å². The fourth-order valence-electron chi connectivity index (χ4n) is 5.30. The minimum Gasteiger partial charge on any atom is -0.381 e. The highest BCUT2D eigenvalue weighted by molar-refractivity contribution is 5.91. The molecule has 1 aromatic heterocycles. The first-order valence-electron chi connectivity index (χ1n) is 11.3. The van der Waals surface area contributed by atoms with Crippen LogP contribution in [0.15, 0.2) is 24.5 Å². The average Bonchev–Trinajstić information content (AvgIpc) is 2.80. The monoisotopic (exact) mass is 409 g/mol. The maximum atomic E-state index is 13.3. The molecule has 0 bridgehead atoms. The summed E-state index contributed by atoms with van der Waals surface area (Å²) >= 11 is 0. The Kier molecular flexibility index (Phi) is 5.56. The summed E-state index contributed by atoms with van der Waals surface area (Å²) in [5.74, 6) is 1.35. The first-order chi connectivity index (χ1) is 14.7. The number of likely N-dealkylation sites (tertiary alicyclic amines) is 1. The van der Waals surface area contributed by atoms with E-state index in [2.05, 4.69) is 49.8 Å². The van der Waals surface area contributed by atoms with E-state index in [9.17, 15) is 4.79 Å². The number of hydrogen-bond acceptors (Lipinski definition) is 6. The molecule has 1 aromatic carbocycles. The van der Waals surface area contributed by atoms with Gasteiger partial charge in [0.25, 0.3) is 0 Å². The summed E-state index contributed by atoms with van der Waals surface area (Å²) in [5.41, 5.74) is 2.20. The van der Waals surface area contributed by atoms with Gasteiger partial charge in [-0.25, -0.2) is 9.97 Å². The normalized spacial score (nSPS) is 24.6. The maximum absolute atomic E-state index is 13.3. The number of ether oxygens (including phenoxy) is 1. The van der Waals surface area contributed by atoms with E-state index in [1.165, 1.54) is 5.56 Å². The fraction of sp³-hybridized carbons (Fsp3) is 0.609. The molecule has 3 fully saturated rings. The van der Waals surface area contributed by atoms with E-state index >= 15 is 0 Å². The number of amides is 1. The van der Waals surface area contributed by atoms with Crippen LogP contribution in [0, 0.1) is 6.92 Å². The molecule has 0 N–H and O–H groups in total. The van der Waals surface area contributed by atoms with Crippen LogP contribution in [0.3, 0.4) is 0 Å². The minimum absolute atomic E-state index is 0.0353. The lowest BCUT2D eigenvalue weighted by Gasteiger charge is -2.45. The SMILES string of the molecule is Cc1cccc2c(N3CCN(C4CCCN(C5CCOCC5)C4=O)CC3)ncnc12. The molecular formula is C23H31N5O2. The molecule has 3 saturated heterocycles. The second-order valence-electron chi connectivity index (χ2n) is 8.72. The Balaban J connectivity index is 1.27. The number of aromatic nitrogens is 2. The van der Waals surface area contributed by atoms with Gasteiger partial charge >= 0.3 is 0 Å². The second-order valence-corrected chi connectivity index (χ2v) is 8.72. The molecule has 5 rings (SSSR count). The number of anilines is 1. The molecule has 1 amide bonds. The van der Waals surface area contributed by atoms with Gasteiger partial charge in [-0.2, -0.15) is 0 Å². The van der Waals surface area contributed by atoms with E-state index in [1.54, 1.807) is 6.33 Å². The van der Waals surface area contributed by atoms with Crippen molar-refractivity contribution in [3.05, 3.63) is 30.1 Å². The van der Waals surface area contributed by atoms with Crippen molar-refractivity contribution in [1.82, 2.24) is 19.8 Å². The third kappa shape index (κ3) is 3.65. The molecule has 30 heavy (non-hydrogen) atoms. The highest BCUT2D eigenvalue weighted by Gasteiger charge is 2.38. The van der Waals surface area contributed by atoms with Gasteiger partial charge in [0.2, 0.25) is 5.91 Å². The number of fused-ring (bicyclic) bond motifs is 1. The summed E-state index contributed by atoms with van der Waals surface area (Å²) < 4.78 is 5.50. The Labute approximate surface area is 178 Å². The molecular weight excluding hydrogens is 378 g/mol. The number of benzene rings is 1. The van der Waals surface area contributed by atoms with Crippen LogP contribution in [0.4, 0.5) is 5.82 Å². The van der Waals surface area contributed by atoms with Crippen molar-refractivity contribution in [2.24, 2.45) is 0 Å². The number of rotatable bonds is 3. The number of hydrogen-bond donors (Lipinski definition) is 0. The number of carbonyl (C=O) groups is 1. The third-order valence-electron chi connectivity index (χ3n) is 6.98. The molecule has 3 aliphatic rings. The zero-order valence-electron chi connectivity index (χ0n) is 17.8. The third-order valence-corrected chi connectivity index (χ3v) is 6.98. The van der Waals surface area contributed by atoms with Gasteiger partial charge in [-0.15, -0.1) is 0 Å². The largest absolute Gasteiger partial charge is 0.381 e. The predicted octanol–water partition coefficient (Wildman–Crippen LogP) is 2.23. The highest BCUT2D eigenvalue weighted by atomic mass is 16.5. The Morgan fingerprint density at radius 3 is 2.60 bits per heavy atom. The molecule has 2 aromatic rings. The van der Waals surface area contributed by atoms with Crippen LogP contribution in [-0.2, 0) is 9.53 Å². The summed E-state index contributed by atoms with van der Waals surface area (Å²) in [6, 6.07) is 6.68. The van der Waals surface area contributed by atoms with Crippen LogP contribution in [0.2, 0.25) is 0 Å². The van der Waals surface area contributed by atoms with Crippen molar-refractivity contribution in [2.75, 3.05) is 50.8 Å². The smallest absolute Gasteiger partial charge is 0.240 e. The second kappa shape index (κ2) is 8.47. The summed E-state index contributed by atoms with van der Waals surface area (Å²) in [6.07, 6.45) is 5.71. The van der Waals surface area contributed by atoms with E-state index in [1.807, 2.05) is 0 Å². The molecule has 0 spiro atoms. The van der Waals surface area contributed by atoms with Gasteiger partial charge in [0.15, 0.2) is 0 Å². The molecule has 0 radical (unpaired) electrons. The lowest BCUT2D eigenvalue weighted by molar-refractivity contribution is -0.145. The van der Waals surface area contributed by atoms with E-state index in [4.69, 9.17) is 4.74 Å². The topological polar surface area (TPSA) is 61.8 Å². The summed E-state index contributed by atoms with van der Waals surface area (Å²) in [6.45, 7) is 8.14. The number of nitrogens with zero attached hydrogens (tertiary/aromatic N) is 5. The summed E-state index contributed by atoms with van der Waals surface area (Å²) in [4.78, 5) is 29.3. The molecule has 1 atom stereocenters. The number of carbonyl (C=O) groups excluding carboxylic acids is 1. The van der Waals surface area contributed by atoms with E-state index in [0.29, 0.717) is 11.9 Å². The van der Waals surface area contributed by atoms with E-state index in [0.717, 1.165) is 88.3 Å². The van der Waals surface area contributed by atoms with E-state index in [-0.39, 0.29) is 6.04 Å². The van der Waals surface area contributed by atoms with Crippen LogP contribution < -0.4 is 4.90 Å².